The topological polar surface area (TPSA) is 56.1 Å². The van der Waals surface area contributed by atoms with E-state index in [1.54, 1.807) is 11.3 Å². The summed E-state index contributed by atoms with van der Waals surface area (Å²) in [7, 11) is 0. The van der Waals surface area contributed by atoms with Gasteiger partial charge in [-0.25, -0.2) is 4.98 Å². The van der Waals surface area contributed by atoms with E-state index in [1.807, 2.05) is 17.9 Å². The predicted molar refractivity (Wildman–Crippen MR) is 102 cm³/mol. The van der Waals surface area contributed by atoms with Crippen molar-refractivity contribution < 1.29 is 19.2 Å². The SMILES string of the molecule is CCN(C(=O)C[NH+]1CCC2(CC1)OCCO2)c1nc2ccc(C)cc2s1. The van der Waals surface area contributed by atoms with Crippen LogP contribution in [0.3, 0.4) is 0 Å². The van der Waals surface area contributed by atoms with Crippen LogP contribution in [-0.2, 0) is 14.3 Å². The number of piperidine rings is 1. The number of carbonyl (C=O) groups excluding carboxylic acids is 1. The van der Waals surface area contributed by atoms with Crippen LogP contribution in [0.2, 0.25) is 0 Å². The molecule has 2 aromatic rings. The average Bonchev–Trinajstić information content (AvgIpc) is 3.24. The number of amides is 1. The first-order chi connectivity index (χ1) is 12.6. The van der Waals surface area contributed by atoms with Gasteiger partial charge in [-0.3, -0.25) is 9.69 Å². The molecular formula is C19H26N3O3S+. The van der Waals surface area contributed by atoms with Gasteiger partial charge in [-0.2, -0.15) is 0 Å². The lowest BCUT2D eigenvalue weighted by atomic mass is 10.0. The molecule has 0 unspecified atom stereocenters. The molecule has 0 bridgehead atoms. The molecule has 0 atom stereocenters. The molecule has 0 saturated carbocycles. The van der Waals surface area contributed by atoms with Crippen molar-refractivity contribution in [3.05, 3.63) is 23.8 Å². The molecule has 2 saturated heterocycles. The van der Waals surface area contributed by atoms with Crippen molar-refractivity contribution in [1.29, 1.82) is 0 Å². The van der Waals surface area contributed by atoms with Crippen LogP contribution < -0.4 is 9.80 Å². The highest BCUT2D eigenvalue weighted by Gasteiger charge is 2.42. The number of hydrogen-bond acceptors (Lipinski definition) is 5. The number of aryl methyl sites for hydroxylation is 1. The molecule has 4 rings (SSSR count). The van der Waals surface area contributed by atoms with E-state index in [-0.39, 0.29) is 11.7 Å². The highest BCUT2D eigenvalue weighted by Crippen LogP contribution is 2.30. The number of quaternary nitrogens is 1. The zero-order valence-electron chi connectivity index (χ0n) is 15.4. The second-order valence-corrected chi connectivity index (χ2v) is 8.15. The van der Waals surface area contributed by atoms with Gasteiger partial charge in [-0.05, 0) is 31.5 Å². The Hall–Kier alpha value is -1.54. The number of hydrogen-bond donors (Lipinski definition) is 1. The van der Waals surface area contributed by atoms with Crippen molar-refractivity contribution in [2.75, 3.05) is 44.3 Å². The Morgan fingerprint density at radius 1 is 1.31 bits per heavy atom. The number of benzene rings is 1. The molecule has 1 aromatic heterocycles. The fraction of sp³-hybridized carbons (Fsp3) is 0.579. The summed E-state index contributed by atoms with van der Waals surface area (Å²) in [5.41, 5.74) is 2.18. The van der Waals surface area contributed by atoms with Crippen molar-refractivity contribution in [2.45, 2.75) is 32.5 Å². The normalized spacial score (nSPS) is 20.1. The van der Waals surface area contributed by atoms with Gasteiger partial charge in [0, 0.05) is 6.54 Å². The molecule has 1 amide bonds. The molecule has 6 nitrogen and oxygen atoms in total. The highest BCUT2D eigenvalue weighted by atomic mass is 32.1. The number of thiazole rings is 1. The highest BCUT2D eigenvalue weighted by molar-refractivity contribution is 7.22. The van der Waals surface area contributed by atoms with Crippen molar-refractivity contribution in [1.82, 2.24) is 4.98 Å². The summed E-state index contributed by atoms with van der Waals surface area (Å²) in [5.74, 6) is -0.232. The third-order valence-corrected chi connectivity index (χ3v) is 6.36. The number of aromatic nitrogens is 1. The maximum atomic E-state index is 12.9. The minimum Gasteiger partial charge on any atom is -0.347 e. The van der Waals surface area contributed by atoms with Crippen LogP contribution in [-0.4, -0.2) is 56.1 Å². The van der Waals surface area contributed by atoms with Crippen LogP contribution in [0.15, 0.2) is 18.2 Å². The molecule has 0 radical (unpaired) electrons. The zero-order valence-corrected chi connectivity index (χ0v) is 16.2. The molecule has 7 heteroatoms. The number of likely N-dealkylation sites (tertiary alicyclic amines) is 1. The number of nitrogens with zero attached hydrogens (tertiary/aromatic N) is 2. The summed E-state index contributed by atoms with van der Waals surface area (Å²) >= 11 is 1.59. The number of fused-ring (bicyclic) bond motifs is 1. The second-order valence-electron chi connectivity index (χ2n) is 7.14. The van der Waals surface area contributed by atoms with Crippen LogP contribution in [0.25, 0.3) is 10.2 Å². The van der Waals surface area contributed by atoms with Gasteiger partial charge in [-0.1, -0.05) is 17.4 Å². The smallest absolute Gasteiger partial charge is 0.283 e. The Labute approximate surface area is 157 Å². The van der Waals surface area contributed by atoms with E-state index >= 15 is 0 Å². The Morgan fingerprint density at radius 3 is 2.73 bits per heavy atom. The van der Waals surface area contributed by atoms with Crippen LogP contribution in [0.5, 0.6) is 0 Å². The van der Waals surface area contributed by atoms with Gasteiger partial charge in [0.15, 0.2) is 17.5 Å². The summed E-state index contributed by atoms with van der Waals surface area (Å²) in [5, 5.41) is 0.799. The van der Waals surface area contributed by atoms with E-state index in [2.05, 4.69) is 24.0 Å². The number of likely N-dealkylation sites (N-methyl/N-ethyl adjacent to an activating group) is 1. The first kappa shape index (κ1) is 17.9. The third-order valence-electron chi connectivity index (χ3n) is 5.31. The van der Waals surface area contributed by atoms with E-state index in [0.717, 1.165) is 41.3 Å². The lowest BCUT2D eigenvalue weighted by Gasteiger charge is -2.35. The number of anilines is 1. The van der Waals surface area contributed by atoms with E-state index in [0.29, 0.717) is 26.3 Å². The first-order valence-electron chi connectivity index (χ1n) is 9.38. The molecule has 1 aromatic carbocycles. The second kappa shape index (κ2) is 7.23. The van der Waals surface area contributed by atoms with Gasteiger partial charge in [0.05, 0.1) is 49.4 Å². The van der Waals surface area contributed by atoms with Crippen LogP contribution >= 0.6 is 11.3 Å². The maximum Gasteiger partial charge on any atom is 0.283 e. The van der Waals surface area contributed by atoms with Crippen molar-refractivity contribution in [3.63, 3.8) is 0 Å². The standard InChI is InChI=1S/C19H25N3O3S/c1-3-22(18-20-15-5-4-14(2)12-16(15)26-18)17(23)13-21-8-6-19(7-9-21)24-10-11-25-19/h4-5,12H,3,6-11,13H2,1-2H3/p+1. The van der Waals surface area contributed by atoms with Crippen LogP contribution in [0.4, 0.5) is 5.13 Å². The largest absolute Gasteiger partial charge is 0.347 e. The molecule has 3 heterocycles. The molecule has 0 aliphatic carbocycles. The van der Waals surface area contributed by atoms with Gasteiger partial charge in [-0.15, -0.1) is 0 Å². The first-order valence-corrected chi connectivity index (χ1v) is 10.2. The minimum absolute atomic E-state index is 0.141. The van der Waals surface area contributed by atoms with Gasteiger partial charge in [0.1, 0.15) is 0 Å². The van der Waals surface area contributed by atoms with Crippen molar-refractivity contribution in [3.8, 4) is 0 Å². The lowest BCUT2D eigenvalue weighted by Crippen LogP contribution is -3.14. The number of nitrogens with one attached hydrogen (secondary N) is 1. The van der Waals surface area contributed by atoms with Gasteiger partial charge in [0.2, 0.25) is 0 Å². The molecule has 1 spiro atoms. The Balaban J connectivity index is 1.42. The van der Waals surface area contributed by atoms with Gasteiger partial charge < -0.3 is 14.4 Å². The molecule has 2 aliphatic rings. The molecular weight excluding hydrogens is 350 g/mol. The van der Waals surface area contributed by atoms with E-state index < -0.39 is 0 Å². The Kier molecular flexibility index (Phi) is 4.96. The van der Waals surface area contributed by atoms with E-state index in [4.69, 9.17) is 9.47 Å². The molecule has 1 N–H and O–H groups in total. The Bertz CT molecular complexity index is 790. The van der Waals surface area contributed by atoms with Crippen LogP contribution in [0.1, 0.15) is 25.3 Å². The number of rotatable bonds is 4. The summed E-state index contributed by atoms with van der Waals surface area (Å²) in [6.07, 6.45) is 1.73. The third kappa shape index (κ3) is 3.49. The summed E-state index contributed by atoms with van der Waals surface area (Å²) in [4.78, 5) is 20.7. The number of carbonyl (C=O) groups is 1. The monoisotopic (exact) mass is 376 g/mol. The van der Waals surface area contributed by atoms with Crippen molar-refractivity contribution >= 4 is 32.6 Å². The maximum absolute atomic E-state index is 12.9. The Morgan fingerprint density at radius 2 is 2.04 bits per heavy atom. The minimum atomic E-state index is -0.373. The fourth-order valence-corrected chi connectivity index (χ4v) is 4.95. The van der Waals surface area contributed by atoms with E-state index in [1.165, 1.54) is 10.5 Å². The molecule has 140 valence electrons. The predicted octanol–water partition coefficient (Wildman–Crippen LogP) is 1.38. The number of ether oxygens (including phenoxy) is 2. The van der Waals surface area contributed by atoms with Crippen LogP contribution in [0, 0.1) is 6.92 Å². The quantitative estimate of drug-likeness (QED) is 0.876. The lowest BCUT2D eigenvalue weighted by molar-refractivity contribution is -0.900. The summed E-state index contributed by atoms with van der Waals surface area (Å²) < 4.78 is 12.7. The zero-order chi connectivity index (χ0) is 18.1. The summed E-state index contributed by atoms with van der Waals surface area (Å²) in [6, 6.07) is 6.22. The fourth-order valence-electron chi connectivity index (χ4n) is 3.81. The van der Waals surface area contributed by atoms with E-state index in [9.17, 15) is 4.79 Å². The summed E-state index contributed by atoms with van der Waals surface area (Å²) in [6.45, 7) is 8.41. The average molecular weight is 377 g/mol. The van der Waals surface area contributed by atoms with Gasteiger partial charge >= 0.3 is 0 Å². The van der Waals surface area contributed by atoms with Crippen molar-refractivity contribution in [2.24, 2.45) is 0 Å². The molecule has 26 heavy (non-hydrogen) atoms. The molecule has 2 aliphatic heterocycles. The van der Waals surface area contributed by atoms with Gasteiger partial charge in [0.25, 0.3) is 5.91 Å². The molecule has 2 fully saturated rings.